The van der Waals surface area contributed by atoms with E-state index in [-0.39, 0.29) is 5.56 Å². The normalized spacial score (nSPS) is 9.53. The lowest BCUT2D eigenvalue weighted by molar-refractivity contribution is 1.11. The van der Waals surface area contributed by atoms with Crippen LogP contribution in [0.2, 0.25) is 0 Å². The van der Waals surface area contributed by atoms with E-state index in [9.17, 15) is 4.79 Å². The van der Waals surface area contributed by atoms with Crippen LogP contribution in [0.1, 0.15) is 19.4 Å². The highest BCUT2D eigenvalue weighted by Crippen LogP contribution is 2.25. The molecule has 0 aliphatic carbocycles. The number of aryl methyl sites for hydroxylation is 1. The number of aromatic nitrogens is 1. The monoisotopic (exact) mass is 258 g/mol. The van der Waals surface area contributed by atoms with Gasteiger partial charge in [-0.1, -0.05) is 19.9 Å². The Morgan fingerprint density at radius 1 is 1.00 bits per heavy atom. The van der Waals surface area contributed by atoms with Gasteiger partial charge in [-0.15, -0.1) is 0 Å². The summed E-state index contributed by atoms with van der Waals surface area (Å²) in [6, 6.07) is 9.67. The van der Waals surface area contributed by atoms with E-state index >= 15 is 0 Å². The van der Waals surface area contributed by atoms with Crippen molar-refractivity contribution in [3.8, 4) is 11.1 Å². The standard InChI is InChI=1S/C14H16N2O.C2H6/c1-10-8-11(4-6-13(10)16(2)3)12-5-7-14(17)15-9-12;1-2/h4-9H,1-3H3,(H,15,17);1-2H3. The summed E-state index contributed by atoms with van der Waals surface area (Å²) in [4.78, 5) is 15.8. The summed E-state index contributed by atoms with van der Waals surface area (Å²) in [6.07, 6.45) is 1.74. The quantitative estimate of drug-likeness (QED) is 0.895. The lowest BCUT2D eigenvalue weighted by Crippen LogP contribution is -2.10. The molecule has 1 heterocycles. The van der Waals surface area contributed by atoms with Gasteiger partial charge in [-0.2, -0.15) is 0 Å². The summed E-state index contributed by atoms with van der Waals surface area (Å²) in [5.74, 6) is 0. The Labute approximate surface area is 114 Å². The van der Waals surface area contributed by atoms with Gasteiger partial charge < -0.3 is 9.88 Å². The van der Waals surface area contributed by atoms with Crippen LogP contribution in [0.25, 0.3) is 11.1 Å². The fraction of sp³-hybridized carbons (Fsp3) is 0.312. The molecule has 102 valence electrons. The van der Waals surface area contributed by atoms with Crippen molar-refractivity contribution in [3.63, 3.8) is 0 Å². The van der Waals surface area contributed by atoms with Gasteiger partial charge in [0.25, 0.3) is 0 Å². The third-order valence-corrected chi connectivity index (χ3v) is 2.80. The number of pyridine rings is 1. The van der Waals surface area contributed by atoms with Crippen LogP contribution in [-0.4, -0.2) is 19.1 Å². The van der Waals surface area contributed by atoms with Gasteiger partial charge in [0, 0.05) is 32.0 Å². The van der Waals surface area contributed by atoms with E-state index in [1.807, 2.05) is 34.0 Å². The summed E-state index contributed by atoms with van der Waals surface area (Å²) in [7, 11) is 4.06. The molecular formula is C16H22N2O. The molecule has 3 nitrogen and oxygen atoms in total. The summed E-state index contributed by atoms with van der Waals surface area (Å²) >= 11 is 0. The molecule has 0 aliphatic heterocycles. The van der Waals surface area contributed by atoms with Crippen LogP contribution in [0, 0.1) is 6.92 Å². The molecule has 0 unspecified atom stereocenters. The first-order chi connectivity index (χ1) is 9.08. The highest BCUT2D eigenvalue weighted by molar-refractivity contribution is 5.68. The fourth-order valence-electron chi connectivity index (χ4n) is 1.93. The van der Waals surface area contributed by atoms with Crippen LogP contribution in [-0.2, 0) is 0 Å². The molecule has 0 saturated carbocycles. The van der Waals surface area contributed by atoms with Crippen molar-refractivity contribution in [2.24, 2.45) is 0 Å². The third kappa shape index (κ3) is 3.71. The maximum absolute atomic E-state index is 11.0. The molecule has 0 bridgehead atoms. The Morgan fingerprint density at radius 2 is 1.63 bits per heavy atom. The Bertz CT molecular complexity index is 565. The van der Waals surface area contributed by atoms with Crippen molar-refractivity contribution in [1.29, 1.82) is 0 Å². The molecule has 0 saturated heterocycles. The third-order valence-electron chi connectivity index (χ3n) is 2.80. The minimum atomic E-state index is -0.0737. The number of aromatic amines is 1. The maximum atomic E-state index is 11.0. The molecule has 3 heteroatoms. The van der Waals surface area contributed by atoms with E-state index < -0.39 is 0 Å². The number of nitrogens with one attached hydrogen (secondary N) is 1. The second kappa shape index (κ2) is 6.78. The molecule has 2 rings (SSSR count). The first-order valence-corrected chi connectivity index (χ1v) is 6.55. The molecule has 2 aromatic rings. The molecule has 1 aromatic heterocycles. The number of H-pyrrole nitrogens is 1. The van der Waals surface area contributed by atoms with E-state index in [4.69, 9.17) is 0 Å². The second-order valence-electron chi connectivity index (χ2n) is 4.34. The first-order valence-electron chi connectivity index (χ1n) is 6.55. The summed E-state index contributed by atoms with van der Waals surface area (Å²) in [5, 5.41) is 0. The van der Waals surface area contributed by atoms with Gasteiger partial charge in [0.1, 0.15) is 0 Å². The van der Waals surface area contributed by atoms with Gasteiger partial charge in [-0.3, -0.25) is 4.79 Å². The van der Waals surface area contributed by atoms with Crippen molar-refractivity contribution in [1.82, 2.24) is 4.98 Å². The lowest BCUT2D eigenvalue weighted by atomic mass is 10.0. The molecule has 0 aliphatic rings. The second-order valence-corrected chi connectivity index (χ2v) is 4.34. The first kappa shape index (κ1) is 15.0. The minimum absolute atomic E-state index is 0.0737. The zero-order valence-corrected chi connectivity index (χ0v) is 12.3. The van der Waals surface area contributed by atoms with Gasteiger partial charge in [-0.25, -0.2) is 0 Å². The van der Waals surface area contributed by atoms with Gasteiger partial charge in [0.05, 0.1) is 0 Å². The summed E-state index contributed by atoms with van der Waals surface area (Å²) < 4.78 is 0. The van der Waals surface area contributed by atoms with Crippen LogP contribution >= 0.6 is 0 Å². The molecule has 0 atom stereocenters. The van der Waals surface area contributed by atoms with Crippen molar-refractivity contribution in [3.05, 3.63) is 52.4 Å². The van der Waals surface area contributed by atoms with E-state index in [1.165, 1.54) is 11.3 Å². The lowest BCUT2D eigenvalue weighted by Gasteiger charge is -2.16. The van der Waals surface area contributed by atoms with Crippen LogP contribution in [0.4, 0.5) is 5.69 Å². The topological polar surface area (TPSA) is 36.1 Å². The Kier molecular flexibility index (Phi) is 5.37. The average Bonchev–Trinajstić information content (AvgIpc) is 2.41. The number of hydrogen-bond donors (Lipinski definition) is 1. The zero-order valence-electron chi connectivity index (χ0n) is 12.3. The van der Waals surface area contributed by atoms with Crippen LogP contribution < -0.4 is 10.5 Å². The van der Waals surface area contributed by atoms with Gasteiger partial charge >= 0.3 is 0 Å². The number of anilines is 1. The molecule has 1 N–H and O–H groups in total. The predicted octanol–water partition coefficient (Wildman–Crippen LogP) is 3.44. The Morgan fingerprint density at radius 3 is 2.11 bits per heavy atom. The fourth-order valence-corrected chi connectivity index (χ4v) is 1.93. The molecule has 0 radical (unpaired) electrons. The highest BCUT2D eigenvalue weighted by atomic mass is 16.1. The molecule has 0 spiro atoms. The van der Waals surface area contributed by atoms with Crippen molar-refractivity contribution >= 4 is 5.69 Å². The van der Waals surface area contributed by atoms with Gasteiger partial charge in [0.2, 0.25) is 5.56 Å². The van der Waals surface area contributed by atoms with Crippen LogP contribution in [0.5, 0.6) is 0 Å². The SMILES string of the molecule is CC.Cc1cc(-c2ccc(=O)[nH]c2)ccc1N(C)C. The van der Waals surface area contributed by atoms with Gasteiger partial charge in [0.15, 0.2) is 0 Å². The number of rotatable bonds is 2. The smallest absolute Gasteiger partial charge is 0.247 e. The zero-order chi connectivity index (χ0) is 14.4. The highest BCUT2D eigenvalue weighted by Gasteiger charge is 2.03. The van der Waals surface area contributed by atoms with Crippen molar-refractivity contribution in [2.75, 3.05) is 19.0 Å². The molecular weight excluding hydrogens is 236 g/mol. The number of benzene rings is 1. The van der Waals surface area contributed by atoms with E-state index in [1.54, 1.807) is 12.3 Å². The number of hydrogen-bond acceptors (Lipinski definition) is 2. The van der Waals surface area contributed by atoms with Crippen molar-refractivity contribution in [2.45, 2.75) is 20.8 Å². The summed E-state index contributed by atoms with van der Waals surface area (Å²) in [6.45, 7) is 6.09. The molecule has 0 amide bonds. The largest absolute Gasteiger partial charge is 0.377 e. The molecule has 0 fully saturated rings. The van der Waals surface area contributed by atoms with E-state index in [0.717, 1.165) is 11.1 Å². The van der Waals surface area contributed by atoms with Gasteiger partial charge in [-0.05, 0) is 41.8 Å². The Balaban J connectivity index is 0.000000861. The number of nitrogens with zero attached hydrogens (tertiary/aromatic N) is 1. The minimum Gasteiger partial charge on any atom is -0.377 e. The maximum Gasteiger partial charge on any atom is 0.247 e. The van der Waals surface area contributed by atoms with Crippen molar-refractivity contribution < 1.29 is 0 Å². The van der Waals surface area contributed by atoms with Crippen LogP contribution in [0.15, 0.2) is 41.3 Å². The molecule has 19 heavy (non-hydrogen) atoms. The molecule has 1 aromatic carbocycles. The Hall–Kier alpha value is -2.03. The summed E-state index contributed by atoms with van der Waals surface area (Å²) in [5.41, 5.74) is 4.50. The van der Waals surface area contributed by atoms with Crippen LogP contribution in [0.3, 0.4) is 0 Å². The average molecular weight is 258 g/mol. The van der Waals surface area contributed by atoms with E-state index in [0.29, 0.717) is 0 Å². The van der Waals surface area contributed by atoms with E-state index in [2.05, 4.69) is 35.0 Å². The predicted molar refractivity (Wildman–Crippen MR) is 82.9 cm³/mol.